The molecule has 0 aliphatic carbocycles. The molecule has 7 nitrogen and oxygen atoms in total. The lowest BCUT2D eigenvalue weighted by Gasteiger charge is -2.16. The Balaban J connectivity index is 1.77. The lowest BCUT2D eigenvalue weighted by atomic mass is 10.1. The molecular weight excluding hydrogens is 338 g/mol. The minimum Gasteiger partial charge on any atom is -0.506 e. The number of phenolic OH excluding ortho intramolecular Hbond substituents is 1. The van der Waals surface area contributed by atoms with E-state index in [4.69, 9.17) is 0 Å². The topological polar surface area (TPSA) is 99.6 Å². The van der Waals surface area contributed by atoms with Crippen molar-refractivity contribution in [2.45, 2.75) is 19.8 Å². The molecule has 0 radical (unpaired) electrons. The van der Waals surface area contributed by atoms with Crippen molar-refractivity contribution in [3.8, 4) is 5.75 Å². The molecule has 1 aromatic heterocycles. The minimum absolute atomic E-state index is 0.0979. The summed E-state index contributed by atoms with van der Waals surface area (Å²) in [6, 6.07) is 4.79. The molecule has 1 aliphatic rings. The monoisotopic (exact) mass is 353 g/mol. The van der Waals surface area contributed by atoms with Crippen molar-refractivity contribution < 1.29 is 18.3 Å². The largest absolute Gasteiger partial charge is 0.506 e. The minimum atomic E-state index is -3.91. The van der Waals surface area contributed by atoms with Crippen molar-refractivity contribution in [2.24, 2.45) is 0 Å². The van der Waals surface area contributed by atoms with Gasteiger partial charge in [0.05, 0.1) is 10.7 Å². The van der Waals surface area contributed by atoms with Crippen molar-refractivity contribution in [1.29, 1.82) is 0 Å². The molecule has 0 saturated carbocycles. The number of carbonyl (C=O) groups excluding carboxylic acids is 1. The molecule has 0 bridgehead atoms. The van der Waals surface area contributed by atoms with Crippen molar-refractivity contribution >= 4 is 33.1 Å². The fraction of sp³-hybridized carbons (Fsp3) is 0.286. The van der Waals surface area contributed by atoms with E-state index in [2.05, 4.69) is 4.98 Å². The van der Waals surface area contributed by atoms with Gasteiger partial charge in [0.2, 0.25) is 0 Å². The van der Waals surface area contributed by atoms with Gasteiger partial charge < -0.3 is 5.11 Å². The zero-order chi connectivity index (χ0) is 16.6. The molecule has 0 spiro atoms. The molecule has 1 saturated heterocycles. The van der Waals surface area contributed by atoms with Gasteiger partial charge in [-0.3, -0.25) is 4.79 Å². The molecule has 3 rings (SSSR count). The van der Waals surface area contributed by atoms with E-state index in [0.29, 0.717) is 6.42 Å². The van der Waals surface area contributed by atoms with Gasteiger partial charge in [0, 0.05) is 11.1 Å². The number of nitrogens with one attached hydrogen (secondary N) is 1. The van der Waals surface area contributed by atoms with E-state index < -0.39 is 16.1 Å². The maximum atomic E-state index is 11.8. The Morgan fingerprint density at radius 2 is 2.17 bits per heavy atom. The van der Waals surface area contributed by atoms with Crippen molar-refractivity contribution in [2.75, 3.05) is 10.8 Å². The summed E-state index contributed by atoms with van der Waals surface area (Å²) in [6.45, 7) is 1.62. The molecule has 0 unspecified atom stereocenters. The summed E-state index contributed by atoms with van der Waals surface area (Å²) in [4.78, 5) is 16.6. The smallest absolute Gasteiger partial charge is 0.326 e. The fourth-order valence-corrected chi connectivity index (χ4v) is 4.34. The standard InChI is InChI=1S/C14H15N3O4S2/c1-9-15-7-11(22-9)4-2-10-3-5-12(13(18)6-10)17-8-14(19)16-23(17,20)21/h3,5-7,18H,2,4,8H2,1H3,(H,16,19). The number of anilines is 1. The van der Waals surface area contributed by atoms with Crippen LogP contribution in [0.1, 0.15) is 15.4 Å². The Morgan fingerprint density at radius 3 is 2.74 bits per heavy atom. The van der Waals surface area contributed by atoms with E-state index in [0.717, 1.165) is 26.2 Å². The maximum Gasteiger partial charge on any atom is 0.326 e. The summed E-state index contributed by atoms with van der Waals surface area (Å²) < 4.78 is 26.3. The van der Waals surface area contributed by atoms with Crippen LogP contribution in [0.15, 0.2) is 24.4 Å². The highest BCUT2D eigenvalue weighted by Crippen LogP contribution is 2.31. The third-order valence-corrected chi connectivity index (χ3v) is 5.82. The Bertz CT molecular complexity index is 861. The summed E-state index contributed by atoms with van der Waals surface area (Å²) in [6.07, 6.45) is 3.34. The van der Waals surface area contributed by atoms with Crippen LogP contribution < -0.4 is 9.03 Å². The van der Waals surface area contributed by atoms with Crippen LogP contribution in [-0.2, 0) is 27.8 Å². The average Bonchev–Trinajstić information content (AvgIpc) is 2.99. The number of aromatic nitrogens is 1. The highest BCUT2D eigenvalue weighted by molar-refractivity contribution is 7.92. The Kier molecular flexibility index (Phi) is 3.99. The Hall–Kier alpha value is -2.13. The second kappa shape index (κ2) is 5.82. The lowest BCUT2D eigenvalue weighted by molar-refractivity contribution is -0.117. The molecule has 1 fully saturated rings. The highest BCUT2D eigenvalue weighted by Gasteiger charge is 2.35. The van der Waals surface area contributed by atoms with E-state index in [-0.39, 0.29) is 18.0 Å². The number of benzene rings is 1. The number of phenols is 1. The molecular formula is C14H15N3O4S2. The van der Waals surface area contributed by atoms with Gasteiger partial charge in [-0.25, -0.2) is 14.0 Å². The molecule has 1 amide bonds. The molecule has 0 atom stereocenters. The molecule has 122 valence electrons. The predicted molar refractivity (Wildman–Crippen MR) is 86.8 cm³/mol. The number of hydrogen-bond donors (Lipinski definition) is 2. The van der Waals surface area contributed by atoms with Crippen LogP contribution in [0.3, 0.4) is 0 Å². The van der Waals surface area contributed by atoms with Gasteiger partial charge >= 0.3 is 10.2 Å². The third kappa shape index (κ3) is 3.30. The van der Waals surface area contributed by atoms with Gasteiger partial charge in [0.25, 0.3) is 5.91 Å². The van der Waals surface area contributed by atoms with Gasteiger partial charge in [0.1, 0.15) is 12.3 Å². The van der Waals surface area contributed by atoms with E-state index >= 15 is 0 Å². The Morgan fingerprint density at radius 1 is 1.39 bits per heavy atom. The van der Waals surface area contributed by atoms with Crippen LogP contribution in [0.4, 0.5) is 5.69 Å². The van der Waals surface area contributed by atoms with Crippen LogP contribution in [0.2, 0.25) is 0 Å². The first-order valence-corrected chi connectivity index (χ1v) is 9.17. The number of thiazole rings is 1. The van der Waals surface area contributed by atoms with Gasteiger partial charge in [-0.2, -0.15) is 8.42 Å². The SMILES string of the molecule is Cc1ncc(CCc2ccc(N3CC(=O)NS3(=O)=O)c(O)c2)s1. The summed E-state index contributed by atoms with van der Waals surface area (Å²) in [5.41, 5.74) is 0.980. The number of aromatic hydroxyl groups is 1. The highest BCUT2D eigenvalue weighted by atomic mass is 32.2. The van der Waals surface area contributed by atoms with Crippen LogP contribution in [-0.4, -0.2) is 31.0 Å². The van der Waals surface area contributed by atoms with Gasteiger partial charge in [-0.1, -0.05) is 6.07 Å². The molecule has 9 heteroatoms. The molecule has 2 heterocycles. The molecule has 2 N–H and O–H groups in total. The van der Waals surface area contributed by atoms with Crippen LogP contribution in [0.25, 0.3) is 0 Å². The van der Waals surface area contributed by atoms with E-state index in [9.17, 15) is 18.3 Å². The zero-order valence-corrected chi connectivity index (χ0v) is 13.9. The quantitative estimate of drug-likeness (QED) is 0.858. The fourth-order valence-electron chi connectivity index (χ4n) is 2.39. The summed E-state index contributed by atoms with van der Waals surface area (Å²) >= 11 is 1.63. The number of carbonyl (C=O) groups is 1. The normalized spacial score (nSPS) is 16.6. The number of nitrogens with zero attached hydrogens (tertiary/aromatic N) is 2. The first-order chi connectivity index (χ1) is 10.8. The van der Waals surface area contributed by atoms with Crippen LogP contribution >= 0.6 is 11.3 Å². The summed E-state index contributed by atoms with van der Waals surface area (Å²) in [5.74, 6) is -0.780. The van der Waals surface area contributed by atoms with Crippen LogP contribution in [0, 0.1) is 6.92 Å². The first kappa shape index (κ1) is 15.8. The van der Waals surface area contributed by atoms with E-state index in [1.807, 2.05) is 17.8 Å². The number of hydrogen-bond acceptors (Lipinski definition) is 6. The van der Waals surface area contributed by atoms with Crippen molar-refractivity contribution in [3.05, 3.63) is 39.8 Å². The maximum absolute atomic E-state index is 11.8. The number of aryl methyl sites for hydroxylation is 3. The number of amides is 1. The summed E-state index contributed by atoms with van der Waals surface area (Å²) in [5, 5.41) is 11.1. The molecule has 2 aromatic rings. The van der Waals surface area contributed by atoms with E-state index in [1.165, 1.54) is 12.1 Å². The van der Waals surface area contributed by atoms with Crippen molar-refractivity contribution in [1.82, 2.24) is 9.71 Å². The zero-order valence-electron chi connectivity index (χ0n) is 12.3. The second-order valence-corrected chi connectivity index (χ2v) is 8.12. The van der Waals surface area contributed by atoms with Gasteiger partial charge in [0.15, 0.2) is 0 Å². The third-order valence-electron chi connectivity index (χ3n) is 3.46. The van der Waals surface area contributed by atoms with E-state index in [1.54, 1.807) is 17.4 Å². The summed E-state index contributed by atoms with van der Waals surface area (Å²) in [7, 11) is -3.91. The van der Waals surface area contributed by atoms with Crippen molar-refractivity contribution in [3.63, 3.8) is 0 Å². The number of rotatable bonds is 4. The first-order valence-electron chi connectivity index (χ1n) is 6.92. The molecule has 1 aromatic carbocycles. The lowest BCUT2D eigenvalue weighted by Crippen LogP contribution is -2.29. The van der Waals surface area contributed by atoms with Gasteiger partial charge in [-0.15, -0.1) is 11.3 Å². The Labute approximate surface area is 137 Å². The average molecular weight is 353 g/mol. The van der Waals surface area contributed by atoms with Crippen LogP contribution in [0.5, 0.6) is 5.75 Å². The second-order valence-electron chi connectivity index (χ2n) is 5.21. The van der Waals surface area contributed by atoms with Gasteiger partial charge in [-0.05, 0) is 37.5 Å². The molecule has 23 heavy (non-hydrogen) atoms. The molecule has 1 aliphatic heterocycles. The predicted octanol–water partition coefficient (Wildman–Crippen LogP) is 1.12.